The Bertz CT molecular complexity index is 1110. The van der Waals surface area contributed by atoms with Crippen molar-refractivity contribution in [1.29, 1.82) is 5.26 Å². The Morgan fingerprint density at radius 2 is 1.92 bits per heavy atom. The first-order valence-electron chi connectivity index (χ1n) is 7.85. The summed E-state index contributed by atoms with van der Waals surface area (Å²) in [5.41, 5.74) is 3.31. The molecule has 0 aliphatic rings. The average Bonchev–Trinajstić information content (AvgIpc) is 3.39. The minimum atomic E-state index is -0.225. The first kappa shape index (κ1) is 15.9. The van der Waals surface area contributed by atoms with Crippen molar-refractivity contribution in [3.63, 3.8) is 0 Å². The van der Waals surface area contributed by atoms with Gasteiger partial charge in [0.15, 0.2) is 5.01 Å². The number of carbonyl (C=O) groups excluding carboxylic acids is 1. The van der Waals surface area contributed by atoms with Crippen LogP contribution in [0.4, 0.5) is 0 Å². The molecule has 2 aromatic heterocycles. The highest BCUT2D eigenvalue weighted by Crippen LogP contribution is 2.28. The summed E-state index contributed by atoms with van der Waals surface area (Å²) in [5, 5.41) is 11.9. The number of benzene rings is 2. The molecule has 0 spiro atoms. The van der Waals surface area contributed by atoms with E-state index in [-0.39, 0.29) is 5.78 Å². The second kappa shape index (κ2) is 6.75. The van der Waals surface area contributed by atoms with Crippen molar-refractivity contribution in [1.82, 2.24) is 14.5 Å². The Balaban J connectivity index is 1.78. The molecule has 0 amide bonds. The number of thiazole rings is 1. The maximum atomic E-state index is 12.4. The second-order valence-electron chi connectivity index (χ2n) is 5.51. The van der Waals surface area contributed by atoms with E-state index in [2.05, 4.69) is 16.0 Å². The van der Waals surface area contributed by atoms with E-state index in [1.54, 1.807) is 28.7 Å². The van der Waals surface area contributed by atoms with Crippen LogP contribution in [0.3, 0.4) is 0 Å². The van der Waals surface area contributed by atoms with E-state index >= 15 is 0 Å². The van der Waals surface area contributed by atoms with Gasteiger partial charge < -0.3 is 4.57 Å². The van der Waals surface area contributed by atoms with Crippen LogP contribution in [0.15, 0.2) is 72.6 Å². The van der Waals surface area contributed by atoms with Gasteiger partial charge in [0.25, 0.3) is 0 Å². The maximum absolute atomic E-state index is 12.4. The van der Waals surface area contributed by atoms with E-state index in [9.17, 15) is 10.1 Å². The van der Waals surface area contributed by atoms with Gasteiger partial charge in [-0.2, -0.15) is 5.26 Å². The second-order valence-corrected chi connectivity index (χ2v) is 6.40. The van der Waals surface area contributed by atoms with Crippen LogP contribution in [0.2, 0.25) is 0 Å². The number of imidazole rings is 1. The van der Waals surface area contributed by atoms with Crippen molar-refractivity contribution in [2.24, 2.45) is 0 Å². The van der Waals surface area contributed by atoms with Gasteiger partial charge in [0.2, 0.25) is 5.78 Å². The van der Waals surface area contributed by atoms with E-state index < -0.39 is 0 Å². The molecule has 6 heteroatoms. The minimum absolute atomic E-state index is 0.225. The van der Waals surface area contributed by atoms with Crippen LogP contribution in [0.25, 0.3) is 16.8 Å². The molecule has 0 saturated carbocycles. The average molecular weight is 356 g/mol. The minimum Gasteiger partial charge on any atom is -0.304 e. The predicted molar refractivity (Wildman–Crippen MR) is 99.3 cm³/mol. The Kier molecular flexibility index (Phi) is 4.14. The number of hydrogen-bond donors (Lipinski definition) is 0. The fourth-order valence-electron chi connectivity index (χ4n) is 2.75. The highest BCUT2D eigenvalue weighted by molar-refractivity contribution is 7.11. The molecular formula is C20H12N4OS. The Hall–Kier alpha value is -3.56. The van der Waals surface area contributed by atoms with Gasteiger partial charge in [-0.1, -0.05) is 42.5 Å². The zero-order chi connectivity index (χ0) is 17.9. The van der Waals surface area contributed by atoms with Crippen molar-refractivity contribution in [3.8, 4) is 22.9 Å². The van der Waals surface area contributed by atoms with E-state index in [0.29, 0.717) is 22.0 Å². The number of rotatable bonds is 4. The number of ketones is 1. The number of nitriles is 1. The van der Waals surface area contributed by atoms with Gasteiger partial charge in [0.1, 0.15) is 18.1 Å². The lowest BCUT2D eigenvalue weighted by Crippen LogP contribution is -2.01. The number of hydrogen-bond acceptors (Lipinski definition) is 5. The Labute approximate surface area is 153 Å². The Morgan fingerprint density at radius 3 is 2.65 bits per heavy atom. The van der Waals surface area contributed by atoms with Gasteiger partial charge in [-0.05, 0) is 11.6 Å². The fraction of sp³-hybridized carbons (Fsp3) is 0. The molecule has 0 saturated heterocycles. The maximum Gasteiger partial charge on any atom is 0.241 e. The molecule has 4 rings (SSSR count). The van der Waals surface area contributed by atoms with Crippen LogP contribution in [-0.2, 0) is 0 Å². The van der Waals surface area contributed by atoms with Crippen LogP contribution in [0, 0.1) is 11.3 Å². The molecule has 0 N–H and O–H groups in total. The summed E-state index contributed by atoms with van der Waals surface area (Å²) in [6.45, 7) is 0. The first-order valence-corrected chi connectivity index (χ1v) is 8.73. The van der Waals surface area contributed by atoms with Crippen molar-refractivity contribution in [2.75, 3.05) is 0 Å². The molecule has 0 bridgehead atoms. The number of carbonyl (C=O) groups is 1. The standard InChI is InChI=1S/C20H12N4OS/c21-11-16-15(14-5-2-1-3-6-14)7-4-8-18(16)24-12-17(23-13-24)19(25)20-22-9-10-26-20/h1-10,12-13H. The van der Waals surface area contributed by atoms with Crippen LogP contribution in [-0.4, -0.2) is 20.3 Å². The molecule has 0 aliphatic heterocycles. The lowest BCUT2D eigenvalue weighted by molar-refractivity contribution is 0.103. The summed E-state index contributed by atoms with van der Waals surface area (Å²) in [7, 11) is 0. The van der Waals surface area contributed by atoms with Gasteiger partial charge in [-0.25, -0.2) is 9.97 Å². The molecule has 2 aromatic carbocycles. The van der Waals surface area contributed by atoms with Crippen LogP contribution in [0.1, 0.15) is 21.1 Å². The monoisotopic (exact) mass is 356 g/mol. The highest BCUT2D eigenvalue weighted by atomic mass is 32.1. The van der Waals surface area contributed by atoms with Crippen molar-refractivity contribution < 1.29 is 4.79 Å². The van der Waals surface area contributed by atoms with E-state index in [1.807, 2.05) is 48.5 Å². The third-order valence-corrected chi connectivity index (χ3v) is 4.73. The molecule has 0 fully saturated rings. The quantitative estimate of drug-likeness (QED) is 0.516. The molecule has 2 heterocycles. The first-order chi connectivity index (χ1) is 12.8. The zero-order valence-corrected chi connectivity index (χ0v) is 14.4. The van der Waals surface area contributed by atoms with E-state index in [0.717, 1.165) is 11.1 Å². The van der Waals surface area contributed by atoms with Gasteiger partial charge in [0.05, 0.1) is 11.3 Å². The molecule has 0 radical (unpaired) electrons. The van der Waals surface area contributed by atoms with Gasteiger partial charge >= 0.3 is 0 Å². The summed E-state index contributed by atoms with van der Waals surface area (Å²) in [4.78, 5) is 20.6. The fourth-order valence-corrected chi connectivity index (χ4v) is 3.33. The topological polar surface area (TPSA) is 71.6 Å². The summed E-state index contributed by atoms with van der Waals surface area (Å²) >= 11 is 1.28. The third-order valence-electron chi connectivity index (χ3n) is 3.96. The molecular weight excluding hydrogens is 344 g/mol. The third kappa shape index (κ3) is 2.81. The molecule has 26 heavy (non-hydrogen) atoms. The molecule has 5 nitrogen and oxygen atoms in total. The Morgan fingerprint density at radius 1 is 1.08 bits per heavy atom. The van der Waals surface area contributed by atoms with Crippen LogP contribution in [0.5, 0.6) is 0 Å². The van der Waals surface area contributed by atoms with Crippen molar-refractivity contribution in [3.05, 3.63) is 88.9 Å². The summed E-state index contributed by atoms with van der Waals surface area (Å²) in [5.74, 6) is -0.225. The van der Waals surface area contributed by atoms with Crippen molar-refractivity contribution in [2.45, 2.75) is 0 Å². The van der Waals surface area contributed by atoms with Gasteiger partial charge in [0, 0.05) is 23.3 Å². The number of nitrogens with zero attached hydrogens (tertiary/aromatic N) is 4. The zero-order valence-electron chi connectivity index (χ0n) is 13.5. The highest BCUT2D eigenvalue weighted by Gasteiger charge is 2.17. The van der Waals surface area contributed by atoms with Crippen LogP contribution < -0.4 is 0 Å². The predicted octanol–water partition coefficient (Wildman–Crippen LogP) is 4.10. The lowest BCUT2D eigenvalue weighted by Gasteiger charge is -2.10. The van der Waals surface area contributed by atoms with Gasteiger partial charge in [-0.15, -0.1) is 11.3 Å². The number of aromatic nitrogens is 3. The molecule has 124 valence electrons. The SMILES string of the molecule is N#Cc1c(-c2ccccc2)cccc1-n1cnc(C(=O)c2nccs2)c1. The van der Waals surface area contributed by atoms with E-state index in [4.69, 9.17) is 0 Å². The normalized spacial score (nSPS) is 10.4. The molecule has 0 aliphatic carbocycles. The lowest BCUT2D eigenvalue weighted by atomic mass is 9.99. The van der Waals surface area contributed by atoms with E-state index in [1.165, 1.54) is 11.3 Å². The summed E-state index contributed by atoms with van der Waals surface area (Å²) < 4.78 is 1.70. The smallest absolute Gasteiger partial charge is 0.241 e. The summed E-state index contributed by atoms with van der Waals surface area (Å²) in [6.07, 6.45) is 4.77. The van der Waals surface area contributed by atoms with Gasteiger partial charge in [-0.3, -0.25) is 4.79 Å². The summed E-state index contributed by atoms with van der Waals surface area (Å²) in [6, 6.07) is 17.7. The largest absolute Gasteiger partial charge is 0.304 e. The molecule has 0 unspecified atom stereocenters. The molecule has 4 aromatic rings. The van der Waals surface area contributed by atoms with Crippen molar-refractivity contribution >= 4 is 17.1 Å². The van der Waals surface area contributed by atoms with Crippen LogP contribution >= 0.6 is 11.3 Å². The molecule has 0 atom stereocenters.